The van der Waals surface area contributed by atoms with Gasteiger partial charge in [0.2, 0.25) is 5.91 Å². The number of esters is 1. The second kappa shape index (κ2) is 15.5. The van der Waals surface area contributed by atoms with Gasteiger partial charge in [0.15, 0.2) is 0 Å². The molecule has 2 N–H and O–H groups in total. The number of amides is 3. The molecule has 0 bridgehead atoms. The van der Waals surface area contributed by atoms with Crippen molar-refractivity contribution in [1.82, 2.24) is 15.1 Å². The van der Waals surface area contributed by atoms with Crippen molar-refractivity contribution in [2.75, 3.05) is 46.4 Å². The number of carboxylic acids is 1. The quantitative estimate of drug-likeness (QED) is 0.123. The number of piperazine rings is 1. The second-order valence-corrected chi connectivity index (χ2v) is 21.6. The van der Waals surface area contributed by atoms with Gasteiger partial charge in [-0.15, -0.1) is 0 Å². The third kappa shape index (κ3) is 7.44. The van der Waals surface area contributed by atoms with Crippen LogP contribution in [-0.4, -0.2) is 91.3 Å². The molecular formula is C46H75N3O7. The number of hydrogen-bond acceptors (Lipinski definition) is 6. The summed E-state index contributed by atoms with van der Waals surface area (Å²) in [7, 11) is 1.63. The molecule has 56 heavy (non-hydrogen) atoms. The predicted octanol–water partition coefficient (Wildman–Crippen LogP) is 8.34. The summed E-state index contributed by atoms with van der Waals surface area (Å²) >= 11 is 0. The normalized spacial score (nSPS) is 39.0. The lowest BCUT2D eigenvalue weighted by Crippen LogP contribution is -2.67. The van der Waals surface area contributed by atoms with Crippen LogP contribution >= 0.6 is 0 Å². The Hall–Kier alpha value is -2.62. The average molecular weight is 782 g/mol. The molecule has 0 spiro atoms. The van der Waals surface area contributed by atoms with Crippen LogP contribution in [0.5, 0.6) is 0 Å². The zero-order valence-electron chi connectivity index (χ0n) is 36.4. The van der Waals surface area contributed by atoms with Crippen LogP contribution in [0.1, 0.15) is 139 Å². The van der Waals surface area contributed by atoms with Crippen molar-refractivity contribution in [1.29, 1.82) is 0 Å². The largest absolute Gasteiger partial charge is 0.481 e. The molecule has 0 unspecified atom stereocenters. The van der Waals surface area contributed by atoms with E-state index in [1.54, 1.807) is 7.11 Å². The topological polar surface area (TPSA) is 125 Å². The molecule has 10 heteroatoms. The number of ether oxygens (including phenoxy) is 2. The monoisotopic (exact) mass is 782 g/mol. The Bertz CT molecular complexity index is 1540. The molecule has 6 rings (SSSR count). The van der Waals surface area contributed by atoms with Gasteiger partial charge in [-0.1, -0.05) is 60.6 Å². The number of hydrogen-bond donors (Lipinski definition) is 2. The number of nitrogens with one attached hydrogen (secondary N) is 1. The number of urea groups is 1. The Balaban J connectivity index is 1.17. The minimum Gasteiger partial charge on any atom is -0.481 e. The lowest BCUT2D eigenvalue weighted by Gasteiger charge is -2.73. The highest BCUT2D eigenvalue weighted by atomic mass is 16.5. The van der Waals surface area contributed by atoms with Crippen molar-refractivity contribution >= 4 is 23.9 Å². The molecule has 1 heterocycles. The average Bonchev–Trinajstić information content (AvgIpc) is 3.48. The van der Waals surface area contributed by atoms with E-state index in [2.05, 4.69) is 53.4 Å². The van der Waals surface area contributed by atoms with Gasteiger partial charge in [-0.05, 0) is 128 Å². The fourth-order valence-corrected chi connectivity index (χ4v) is 14.8. The molecule has 316 valence electrons. The van der Waals surface area contributed by atoms with Gasteiger partial charge in [0.05, 0.1) is 19.4 Å². The maximum Gasteiger partial charge on any atom is 0.317 e. The fraction of sp³-hybridized carbons (Fsp3) is 0.870. The number of carboxylic acid groups (broad SMARTS) is 1. The Morgan fingerprint density at radius 3 is 2.14 bits per heavy atom. The van der Waals surface area contributed by atoms with Crippen molar-refractivity contribution in [2.45, 2.75) is 145 Å². The molecule has 10 nitrogen and oxygen atoms in total. The van der Waals surface area contributed by atoms with Gasteiger partial charge < -0.3 is 29.7 Å². The summed E-state index contributed by atoms with van der Waals surface area (Å²) in [5, 5.41) is 12.3. The molecule has 5 saturated carbocycles. The van der Waals surface area contributed by atoms with E-state index in [1.165, 1.54) is 24.8 Å². The SMILES string of the molecule is C=C(C)[C@@H]1CC[C@]2(CC(=O)N3CCN(C(=O)NCCOC)CC3)CC[C@]3(C)[C@H](CC[C@@H]4[C@@]5(C)CC[C@H](OC(=O)CC(C)(C)CC(=O)O)C(C)(C)[C@@H]5CC[C@]43C)[C@@H]12. The highest BCUT2D eigenvalue weighted by Crippen LogP contribution is 2.78. The first-order chi connectivity index (χ1) is 26.1. The van der Waals surface area contributed by atoms with Crippen LogP contribution in [0.4, 0.5) is 4.79 Å². The van der Waals surface area contributed by atoms with E-state index in [4.69, 9.17) is 9.47 Å². The molecule has 6 fully saturated rings. The number of methoxy groups -OCH3 is 1. The molecule has 0 aromatic carbocycles. The number of carbonyl (C=O) groups is 4. The van der Waals surface area contributed by atoms with Gasteiger partial charge in [-0.3, -0.25) is 14.4 Å². The Morgan fingerprint density at radius 1 is 0.821 bits per heavy atom. The first kappa shape index (κ1) is 43.0. The number of allylic oxidation sites excluding steroid dienone is 1. The van der Waals surface area contributed by atoms with Gasteiger partial charge in [0.1, 0.15) is 6.10 Å². The Kier molecular flexibility index (Phi) is 11.9. The van der Waals surface area contributed by atoms with E-state index in [0.717, 1.165) is 44.9 Å². The molecule has 0 radical (unpaired) electrons. The zero-order chi connectivity index (χ0) is 41.1. The van der Waals surface area contributed by atoms with Gasteiger partial charge in [-0.25, -0.2) is 4.79 Å². The summed E-state index contributed by atoms with van der Waals surface area (Å²) in [6.07, 6.45) is 11.5. The molecular weight excluding hydrogens is 707 g/mol. The van der Waals surface area contributed by atoms with E-state index in [-0.39, 0.29) is 63.9 Å². The Morgan fingerprint density at radius 2 is 1.50 bits per heavy atom. The van der Waals surface area contributed by atoms with Crippen LogP contribution in [0.2, 0.25) is 0 Å². The first-order valence-corrected chi connectivity index (χ1v) is 22.0. The molecule has 10 atom stereocenters. The first-order valence-electron chi connectivity index (χ1n) is 22.0. The van der Waals surface area contributed by atoms with Gasteiger partial charge in [0, 0.05) is 51.7 Å². The number of rotatable bonds is 11. The predicted molar refractivity (Wildman–Crippen MR) is 218 cm³/mol. The molecule has 0 aromatic rings. The van der Waals surface area contributed by atoms with E-state index in [9.17, 15) is 24.3 Å². The number of aliphatic carboxylic acids is 1. The summed E-state index contributed by atoms with van der Waals surface area (Å²) in [6, 6.07) is -0.0828. The van der Waals surface area contributed by atoms with Crippen molar-refractivity contribution in [3.05, 3.63) is 12.2 Å². The van der Waals surface area contributed by atoms with Crippen LogP contribution in [0.3, 0.4) is 0 Å². The molecule has 3 amide bonds. The minimum atomic E-state index is -0.891. The van der Waals surface area contributed by atoms with Gasteiger partial charge >= 0.3 is 18.0 Å². The molecule has 0 aromatic heterocycles. The highest BCUT2D eigenvalue weighted by molar-refractivity contribution is 5.78. The van der Waals surface area contributed by atoms with Crippen LogP contribution in [0.15, 0.2) is 12.2 Å². The van der Waals surface area contributed by atoms with E-state index >= 15 is 0 Å². The molecule has 6 aliphatic rings. The number of nitrogens with zero attached hydrogens (tertiary/aromatic N) is 2. The molecule has 5 aliphatic carbocycles. The van der Waals surface area contributed by atoms with E-state index in [1.807, 2.05) is 23.6 Å². The number of carbonyl (C=O) groups excluding carboxylic acids is 3. The lowest BCUT2D eigenvalue weighted by molar-refractivity contribution is -0.250. The zero-order valence-corrected chi connectivity index (χ0v) is 36.4. The maximum atomic E-state index is 14.3. The lowest BCUT2D eigenvalue weighted by atomic mass is 9.32. The summed E-state index contributed by atoms with van der Waals surface area (Å²) in [5.41, 5.74) is 0.898. The highest BCUT2D eigenvalue weighted by Gasteiger charge is 2.71. The smallest absolute Gasteiger partial charge is 0.317 e. The van der Waals surface area contributed by atoms with Crippen LogP contribution in [-0.2, 0) is 23.9 Å². The van der Waals surface area contributed by atoms with Crippen molar-refractivity contribution in [3.63, 3.8) is 0 Å². The van der Waals surface area contributed by atoms with Crippen LogP contribution in [0.25, 0.3) is 0 Å². The molecule has 1 saturated heterocycles. The third-order valence-electron chi connectivity index (χ3n) is 17.7. The van der Waals surface area contributed by atoms with Gasteiger partial charge in [0.25, 0.3) is 0 Å². The minimum absolute atomic E-state index is 0.00715. The summed E-state index contributed by atoms with van der Waals surface area (Å²) in [4.78, 5) is 55.5. The number of fused-ring (bicyclic) bond motifs is 7. The Labute approximate surface area is 337 Å². The van der Waals surface area contributed by atoms with Crippen LogP contribution in [0, 0.1) is 62.1 Å². The standard InChI is InChI=1S/C46H75N3O7/c1-30(2)31-13-18-46(27-36(50)48-22-24-49(25-23-48)40(54)47-21-26-55-10)20-19-44(8)32(39(31)46)11-12-34-43(7)16-15-35(42(5,6)33(43)14-17-45(34,44)9)56-38(53)29-41(3,4)28-37(51)52/h31-35,39H,1,11-29H2,2-10H3,(H,47,54)(H,51,52)/t31-,32+,33-,34+,35-,39+,43-,44+,45+,46+/m0/s1. The summed E-state index contributed by atoms with van der Waals surface area (Å²) in [5.74, 6) is 1.54. The molecule has 1 aliphatic heterocycles. The maximum absolute atomic E-state index is 14.3. The van der Waals surface area contributed by atoms with E-state index < -0.39 is 11.4 Å². The van der Waals surface area contributed by atoms with Crippen molar-refractivity contribution in [2.24, 2.45) is 62.1 Å². The summed E-state index contributed by atoms with van der Waals surface area (Å²) < 4.78 is 11.4. The van der Waals surface area contributed by atoms with Crippen molar-refractivity contribution < 1.29 is 33.8 Å². The van der Waals surface area contributed by atoms with Crippen LogP contribution < -0.4 is 5.32 Å². The van der Waals surface area contributed by atoms with Gasteiger partial charge in [-0.2, -0.15) is 0 Å². The summed E-state index contributed by atoms with van der Waals surface area (Å²) in [6.45, 7) is 26.2. The fourth-order valence-electron chi connectivity index (χ4n) is 14.8. The second-order valence-electron chi connectivity index (χ2n) is 21.6. The third-order valence-corrected chi connectivity index (χ3v) is 17.7. The van der Waals surface area contributed by atoms with E-state index in [0.29, 0.717) is 75.3 Å². The van der Waals surface area contributed by atoms with Crippen molar-refractivity contribution in [3.8, 4) is 0 Å².